The molecule has 0 unspecified atom stereocenters. The zero-order valence-electron chi connectivity index (χ0n) is 8.67. The van der Waals surface area contributed by atoms with Crippen molar-refractivity contribution in [2.24, 2.45) is 0 Å². The molecule has 0 saturated carbocycles. The molecule has 18 heavy (non-hydrogen) atoms. The van der Waals surface area contributed by atoms with E-state index in [1.54, 1.807) is 0 Å². The Kier molecular flexibility index (Phi) is 2.86. The molecule has 0 heterocycles. The van der Waals surface area contributed by atoms with Crippen LogP contribution in [-0.4, -0.2) is 16.8 Å². The average molecular weight is 292 g/mol. The minimum absolute atomic E-state index is 0.293. The molecule has 0 aliphatic carbocycles. The second-order valence-corrected chi connectivity index (χ2v) is 6.24. The van der Waals surface area contributed by atoms with Crippen LogP contribution in [0.5, 0.6) is 0 Å². The van der Waals surface area contributed by atoms with Crippen molar-refractivity contribution in [2.75, 3.05) is 0 Å². The predicted molar refractivity (Wildman–Crippen MR) is 60.5 cm³/mol. The Morgan fingerprint density at radius 2 is 1.00 bits per heavy atom. The van der Waals surface area contributed by atoms with E-state index >= 15 is 0 Å². The van der Waals surface area contributed by atoms with Gasteiger partial charge in [0.1, 0.15) is 0 Å². The van der Waals surface area contributed by atoms with Crippen LogP contribution in [0.4, 0.5) is 7.77 Å². The Bertz CT molecular complexity index is 755. The van der Waals surface area contributed by atoms with Crippen molar-refractivity contribution in [3.63, 3.8) is 0 Å². The summed E-state index contributed by atoms with van der Waals surface area (Å²) in [5, 5.41) is 0.585. The summed E-state index contributed by atoms with van der Waals surface area (Å²) < 4.78 is 68.2. The molecule has 0 saturated heterocycles. The summed E-state index contributed by atoms with van der Waals surface area (Å²) in [7, 11) is -9.65. The van der Waals surface area contributed by atoms with Crippen LogP contribution in [0, 0.1) is 0 Å². The fraction of sp³-hybridized carbons (Fsp3) is 0. The van der Waals surface area contributed by atoms with E-state index in [-0.39, 0.29) is 0 Å². The second kappa shape index (κ2) is 3.99. The molecule has 8 heteroatoms. The van der Waals surface area contributed by atoms with E-state index in [0.29, 0.717) is 10.8 Å². The van der Waals surface area contributed by atoms with E-state index in [0.717, 1.165) is 24.3 Å². The fourth-order valence-corrected chi connectivity index (χ4v) is 2.50. The molecule has 2 rings (SSSR count). The summed E-state index contributed by atoms with van der Waals surface area (Å²) in [5.41, 5.74) is 0. The summed E-state index contributed by atoms with van der Waals surface area (Å²) in [6.45, 7) is 0. The highest BCUT2D eigenvalue weighted by Crippen LogP contribution is 2.24. The van der Waals surface area contributed by atoms with Crippen LogP contribution < -0.4 is 0 Å². The quantitative estimate of drug-likeness (QED) is 0.795. The lowest BCUT2D eigenvalue weighted by atomic mass is 10.1. The maximum atomic E-state index is 12.7. The maximum absolute atomic E-state index is 12.7. The first kappa shape index (κ1) is 12.9. The number of rotatable bonds is 2. The summed E-state index contributed by atoms with van der Waals surface area (Å²) in [6, 6.07) is 6.45. The molecule has 0 radical (unpaired) electrons. The van der Waals surface area contributed by atoms with Gasteiger partial charge in [-0.05, 0) is 35.0 Å². The van der Waals surface area contributed by atoms with E-state index in [9.17, 15) is 24.6 Å². The normalized spacial score (nSPS) is 12.8. The standard InChI is InChI=1S/C10H6F2O4S2/c11-17(13,14)9-3-1-7-5-10(18(12,15)16)4-2-8(7)6-9/h1-6H. The average Bonchev–Trinajstić information content (AvgIpc) is 2.25. The monoisotopic (exact) mass is 292 g/mol. The zero-order valence-corrected chi connectivity index (χ0v) is 10.3. The minimum atomic E-state index is -4.83. The van der Waals surface area contributed by atoms with Crippen molar-refractivity contribution >= 4 is 31.2 Å². The molecule has 0 aliphatic rings. The SMILES string of the molecule is O=S(=O)(F)c1ccc2cc(S(=O)(=O)F)ccc2c1. The van der Waals surface area contributed by atoms with Gasteiger partial charge in [0.25, 0.3) is 0 Å². The second-order valence-electron chi connectivity index (χ2n) is 3.55. The van der Waals surface area contributed by atoms with Crippen LogP contribution in [0.1, 0.15) is 0 Å². The van der Waals surface area contributed by atoms with Gasteiger partial charge in [0.15, 0.2) is 0 Å². The highest BCUT2D eigenvalue weighted by atomic mass is 32.3. The van der Waals surface area contributed by atoms with Crippen molar-refractivity contribution in [3.05, 3.63) is 36.4 Å². The molecular weight excluding hydrogens is 286 g/mol. The van der Waals surface area contributed by atoms with Crippen molar-refractivity contribution in [1.29, 1.82) is 0 Å². The van der Waals surface area contributed by atoms with Crippen LogP contribution in [0.15, 0.2) is 46.2 Å². The minimum Gasteiger partial charge on any atom is -0.189 e. The van der Waals surface area contributed by atoms with Gasteiger partial charge in [-0.2, -0.15) is 16.8 Å². The van der Waals surface area contributed by atoms with E-state index in [1.807, 2.05) is 0 Å². The zero-order chi connectivity index (χ0) is 13.6. The van der Waals surface area contributed by atoms with E-state index in [1.165, 1.54) is 12.1 Å². The Labute approximate surface area is 102 Å². The predicted octanol–water partition coefficient (Wildman–Crippen LogP) is 2.16. The van der Waals surface area contributed by atoms with Crippen LogP contribution >= 0.6 is 0 Å². The summed E-state index contributed by atoms with van der Waals surface area (Å²) in [4.78, 5) is -1.07. The lowest BCUT2D eigenvalue weighted by Gasteiger charge is -2.01. The van der Waals surface area contributed by atoms with Gasteiger partial charge >= 0.3 is 20.4 Å². The molecule has 0 atom stereocenters. The van der Waals surface area contributed by atoms with Gasteiger partial charge in [-0.25, -0.2) is 0 Å². The highest BCUT2D eigenvalue weighted by molar-refractivity contribution is 7.86. The van der Waals surface area contributed by atoms with Gasteiger partial charge in [0, 0.05) is 0 Å². The molecule has 0 aromatic heterocycles. The van der Waals surface area contributed by atoms with Crippen molar-refractivity contribution in [3.8, 4) is 0 Å². The molecule has 2 aromatic rings. The smallest absolute Gasteiger partial charge is 0.189 e. The van der Waals surface area contributed by atoms with Gasteiger partial charge < -0.3 is 0 Å². The Balaban J connectivity index is 2.70. The van der Waals surface area contributed by atoms with Crippen LogP contribution in [0.2, 0.25) is 0 Å². The first-order chi connectivity index (χ1) is 8.18. The van der Waals surface area contributed by atoms with Crippen LogP contribution in [-0.2, 0) is 20.4 Å². The Hall–Kier alpha value is -1.54. The third kappa shape index (κ3) is 2.49. The van der Waals surface area contributed by atoms with Crippen LogP contribution in [0.3, 0.4) is 0 Å². The molecule has 2 aromatic carbocycles. The molecule has 96 valence electrons. The van der Waals surface area contributed by atoms with Gasteiger partial charge in [-0.15, -0.1) is 7.77 Å². The van der Waals surface area contributed by atoms with Crippen molar-refractivity contribution in [1.82, 2.24) is 0 Å². The number of fused-ring (bicyclic) bond motifs is 1. The summed E-state index contributed by atoms with van der Waals surface area (Å²) in [5.74, 6) is 0. The number of hydrogen-bond acceptors (Lipinski definition) is 4. The fourth-order valence-electron chi connectivity index (χ4n) is 1.51. The Morgan fingerprint density at radius 3 is 1.28 bits per heavy atom. The molecule has 0 N–H and O–H groups in total. The molecule has 0 amide bonds. The van der Waals surface area contributed by atoms with Crippen molar-refractivity contribution < 1.29 is 24.6 Å². The number of benzene rings is 2. The third-order valence-electron chi connectivity index (χ3n) is 2.35. The van der Waals surface area contributed by atoms with E-state index < -0.39 is 30.2 Å². The van der Waals surface area contributed by atoms with Crippen LogP contribution in [0.25, 0.3) is 10.8 Å². The van der Waals surface area contributed by atoms with Gasteiger partial charge in [0.05, 0.1) is 9.79 Å². The van der Waals surface area contributed by atoms with E-state index in [2.05, 4.69) is 0 Å². The first-order valence-electron chi connectivity index (χ1n) is 4.61. The third-order valence-corrected chi connectivity index (χ3v) is 3.98. The molecule has 0 aliphatic heterocycles. The van der Waals surface area contributed by atoms with Gasteiger partial charge in [-0.1, -0.05) is 12.1 Å². The largest absolute Gasteiger partial charge is 0.332 e. The first-order valence-corrected chi connectivity index (χ1v) is 7.38. The lowest BCUT2D eigenvalue weighted by Crippen LogP contribution is -1.93. The lowest BCUT2D eigenvalue weighted by molar-refractivity contribution is 0.550. The summed E-state index contributed by atoms with van der Waals surface area (Å²) in [6.07, 6.45) is 0. The van der Waals surface area contributed by atoms with Gasteiger partial charge in [-0.3, -0.25) is 0 Å². The maximum Gasteiger partial charge on any atom is 0.332 e. The number of hydrogen-bond donors (Lipinski definition) is 0. The molecule has 0 bridgehead atoms. The van der Waals surface area contributed by atoms with E-state index in [4.69, 9.17) is 0 Å². The topological polar surface area (TPSA) is 68.3 Å². The molecule has 0 fully saturated rings. The summed E-state index contributed by atoms with van der Waals surface area (Å²) >= 11 is 0. The highest BCUT2D eigenvalue weighted by Gasteiger charge is 2.15. The Morgan fingerprint density at radius 1 is 0.667 bits per heavy atom. The van der Waals surface area contributed by atoms with Crippen molar-refractivity contribution in [2.45, 2.75) is 9.79 Å². The van der Waals surface area contributed by atoms with Gasteiger partial charge in [0.2, 0.25) is 0 Å². The molecule has 0 spiro atoms. The number of halogens is 2. The molecular formula is C10H6F2O4S2. The molecule has 4 nitrogen and oxygen atoms in total.